The van der Waals surface area contributed by atoms with Crippen LogP contribution in [0.5, 0.6) is 0 Å². The Morgan fingerprint density at radius 1 is 1.17 bits per heavy atom. The second-order valence-corrected chi connectivity index (χ2v) is 7.38. The van der Waals surface area contributed by atoms with Crippen LogP contribution in [0.15, 0.2) is 58.1 Å². The van der Waals surface area contributed by atoms with Crippen LogP contribution in [0, 0.1) is 5.92 Å². The number of hydrogen-bond donors (Lipinski definition) is 1. The molecule has 2 aliphatic rings. The number of rotatable bonds is 5. The number of esters is 1. The third-order valence-corrected chi connectivity index (χ3v) is 5.39. The highest BCUT2D eigenvalue weighted by Gasteiger charge is 2.43. The fourth-order valence-electron chi connectivity index (χ4n) is 3.85. The monoisotopic (exact) mass is 410 g/mol. The van der Waals surface area contributed by atoms with E-state index >= 15 is 0 Å². The van der Waals surface area contributed by atoms with Crippen LogP contribution in [0.25, 0.3) is 0 Å². The Kier molecular flexibility index (Phi) is 6.13. The van der Waals surface area contributed by atoms with Crippen molar-refractivity contribution >= 4 is 17.8 Å². The molecule has 1 aromatic carbocycles. The highest BCUT2D eigenvalue weighted by Crippen LogP contribution is 2.31. The van der Waals surface area contributed by atoms with Crippen LogP contribution < -0.4 is 5.32 Å². The van der Waals surface area contributed by atoms with Crippen molar-refractivity contribution in [3.05, 3.63) is 60.1 Å². The van der Waals surface area contributed by atoms with Crippen LogP contribution in [-0.2, 0) is 20.9 Å². The molecule has 0 saturated carbocycles. The van der Waals surface area contributed by atoms with Crippen molar-refractivity contribution in [2.24, 2.45) is 10.9 Å². The van der Waals surface area contributed by atoms with E-state index < -0.39 is 23.8 Å². The number of ether oxygens (including phenoxy) is 1. The molecular formula is C22H26N4O4. The molecule has 2 atom stereocenters. The van der Waals surface area contributed by atoms with Crippen molar-refractivity contribution in [1.82, 2.24) is 15.1 Å². The molecule has 0 bridgehead atoms. The molecule has 0 aliphatic carbocycles. The zero-order chi connectivity index (χ0) is 20.9. The maximum atomic E-state index is 12.8. The number of benzene rings is 1. The van der Waals surface area contributed by atoms with Crippen LogP contribution in [0.3, 0.4) is 0 Å². The van der Waals surface area contributed by atoms with Gasteiger partial charge in [0.1, 0.15) is 11.8 Å². The fraction of sp³-hybridized carbons (Fsp3) is 0.409. The molecule has 0 radical (unpaired) electrons. The summed E-state index contributed by atoms with van der Waals surface area (Å²) in [6.07, 6.45) is 1.52. The average molecular weight is 410 g/mol. The molecule has 4 rings (SSSR count). The Balaban J connectivity index is 1.47. The first-order valence-electron chi connectivity index (χ1n) is 10.3. The van der Waals surface area contributed by atoms with Crippen molar-refractivity contribution in [2.75, 3.05) is 32.8 Å². The molecule has 8 heteroatoms. The molecule has 1 fully saturated rings. The SMILES string of the molecule is CCOC(=O)[C@@H]1C(=O)NC(N2CCN(Cc3ccccc3)CC2)=N[C@@H]1c1ccco1. The molecule has 158 valence electrons. The highest BCUT2D eigenvalue weighted by molar-refractivity contribution is 6.08. The summed E-state index contributed by atoms with van der Waals surface area (Å²) in [7, 11) is 0. The Bertz CT molecular complexity index is 889. The van der Waals surface area contributed by atoms with Crippen molar-refractivity contribution in [2.45, 2.75) is 19.5 Å². The number of guanidine groups is 1. The zero-order valence-corrected chi connectivity index (χ0v) is 17.0. The summed E-state index contributed by atoms with van der Waals surface area (Å²) in [6.45, 7) is 6.00. The zero-order valence-electron chi connectivity index (χ0n) is 17.0. The lowest BCUT2D eigenvalue weighted by molar-refractivity contribution is -0.153. The minimum absolute atomic E-state index is 0.202. The van der Waals surface area contributed by atoms with Gasteiger partial charge in [-0.05, 0) is 24.6 Å². The van der Waals surface area contributed by atoms with E-state index in [0.717, 1.165) is 32.7 Å². The van der Waals surface area contributed by atoms with Gasteiger partial charge in [0.05, 0.1) is 12.9 Å². The van der Waals surface area contributed by atoms with Crippen molar-refractivity contribution < 1.29 is 18.7 Å². The number of carbonyl (C=O) groups excluding carboxylic acids is 2. The predicted octanol–water partition coefficient (Wildman–Crippen LogP) is 1.80. The van der Waals surface area contributed by atoms with Crippen molar-refractivity contribution in [3.63, 3.8) is 0 Å². The van der Waals surface area contributed by atoms with Gasteiger partial charge >= 0.3 is 5.97 Å². The number of nitrogens with one attached hydrogen (secondary N) is 1. The quantitative estimate of drug-likeness (QED) is 0.598. The first-order chi connectivity index (χ1) is 14.7. The largest absolute Gasteiger partial charge is 0.467 e. The number of carbonyl (C=O) groups is 2. The maximum absolute atomic E-state index is 12.8. The summed E-state index contributed by atoms with van der Waals surface area (Å²) in [4.78, 5) is 34.3. The first kappa shape index (κ1) is 20.2. The minimum Gasteiger partial charge on any atom is -0.467 e. The molecule has 1 saturated heterocycles. The van der Waals surface area contributed by atoms with Crippen LogP contribution in [0.1, 0.15) is 24.3 Å². The van der Waals surface area contributed by atoms with Gasteiger partial charge in [0.15, 0.2) is 5.92 Å². The molecule has 1 amide bonds. The Hall–Kier alpha value is -3.13. The minimum atomic E-state index is -1.06. The number of furan rings is 1. The van der Waals surface area contributed by atoms with Crippen LogP contribution in [0.4, 0.5) is 0 Å². The van der Waals surface area contributed by atoms with Gasteiger partial charge in [-0.25, -0.2) is 4.99 Å². The van der Waals surface area contributed by atoms with Gasteiger partial charge in [0.25, 0.3) is 0 Å². The molecule has 2 aromatic rings. The number of aliphatic imine (C=N–C) groups is 1. The molecule has 30 heavy (non-hydrogen) atoms. The molecular weight excluding hydrogens is 384 g/mol. The molecule has 8 nitrogen and oxygen atoms in total. The number of piperazine rings is 1. The summed E-state index contributed by atoms with van der Waals surface area (Å²) < 4.78 is 10.6. The lowest BCUT2D eigenvalue weighted by atomic mass is 9.95. The first-order valence-corrected chi connectivity index (χ1v) is 10.3. The summed E-state index contributed by atoms with van der Waals surface area (Å²) in [5, 5.41) is 2.81. The Morgan fingerprint density at radius 3 is 2.60 bits per heavy atom. The van der Waals surface area contributed by atoms with E-state index in [9.17, 15) is 9.59 Å². The number of nitrogens with zero attached hydrogens (tertiary/aromatic N) is 3. The van der Waals surface area contributed by atoms with E-state index in [4.69, 9.17) is 9.15 Å². The van der Waals surface area contributed by atoms with Gasteiger partial charge in [-0.2, -0.15) is 0 Å². The van der Waals surface area contributed by atoms with Gasteiger partial charge in [0.2, 0.25) is 11.9 Å². The normalized spacial score (nSPS) is 22.4. The second-order valence-electron chi connectivity index (χ2n) is 7.38. The van der Waals surface area contributed by atoms with Gasteiger partial charge in [-0.15, -0.1) is 0 Å². The molecule has 1 N–H and O–H groups in total. The predicted molar refractivity (Wildman–Crippen MR) is 110 cm³/mol. The topological polar surface area (TPSA) is 87.4 Å². The van der Waals surface area contributed by atoms with Gasteiger partial charge in [0, 0.05) is 32.7 Å². The summed E-state index contributed by atoms with van der Waals surface area (Å²) >= 11 is 0. The van der Waals surface area contributed by atoms with Crippen molar-refractivity contribution in [1.29, 1.82) is 0 Å². The molecule has 0 unspecified atom stereocenters. The summed E-state index contributed by atoms with van der Waals surface area (Å²) in [5.74, 6) is -1.10. The lowest BCUT2D eigenvalue weighted by Crippen LogP contribution is -2.57. The van der Waals surface area contributed by atoms with E-state index in [1.54, 1.807) is 19.1 Å². The Labute approximate surface area is 175 Å². The van der Waals surface area contributed by atoms with E-state index in [2.05, 4.69) is 32.2 Å². The average Bonchev–Trinajstić information content (AvgIpc) is 3.29. The second kappa shape index (κ2) is 9.13. The molecule has 2 aliphatic heterocycles. The van der Waals surface area contributed by atoms with Gasteiger partial charge in [-0.1, -0.05) is 30.3 Å². The van der Waals surface area contributed by atoms with Crippen LogP contribution in [0.2, 0.25) is 0 Å². The van der Waals surface area contributed by atoms with Gasteiger partial charge < -0.3 is 14.1 Å². The van der Waals surface area contributed by atoms with Crippen molar-refractivity contribution in [3.8, 4) is 0 Å². The lowest BCUT2D eigenvalue weighted by Gasteiger charge is -2.38. The van der Waals surface area contributed by atoms with Crippen LogP contribution in [-0.4, -0.2) is 60.4 Å². The third kappa shape index (κ3) is 4.38. The molecule has 3 heterocycles. The molecule has 0 spiro atoms. The smallest absolute Gasteiger partial charge is 0.321 e. The maximum Gasteiger partial charge on any atom is 0.321 e. The van der Waals surface area contributed by atoms with E-state index in [0.29, 0.717) is 11.7 Å². The Morgan fingerprint density at radius 2 is 1.93 bits per heavy atom. The third-order valence-electron chi connectivity index (χ3n) is 5.39. The van der Waals surface area contributed by atoms with Gasteiger partial charge in [-0.3, -0.25) is 19.8 Å². The standard InChI is InChI=1S/C22H26N4O4/c1-2-29-21(28)18-19(17-9-6-14-30-17)23-22(24-20(18)27)26-12-10-25(11-13-26)15-16-7-4-3-5-8-16/h3-9,14,18-19H,2,10-13,15H2,1H3,(H,23,24,27)/t18-,19+/m0/s1. The number of amides is 1. The summed E-state index contributed by atoms with van der Waals surface area (Å²) in [5.41, 5.74) is 1.28. The van der Waals surface area contributed by atoms with E-state index in [-0.39, 0.29) is 6.61 Å². The fourth-order valence-corrected chi connectivity index (χ4v) is 3.85. The number of hydrogen-bond acceptors (Lipinski definition) is 7. The van der Waals surface area contributed by atoms with E-state index in [1.807, 2.05) is 18.2 Å². The molecule has 1 aromatic heterocycles. The van der Waals surface area contributed by atoms with Crippen LogP contribution >= 0.6 is 0 Å². The highest BCUT2D eigenvalue weighted by atomic mass is 16.5. The summed E-state index contributed by atoms with van der Waals surface area (Å²) in [6, 6.07) is 13.1. The van der Waals surface area contributed by atoms with E-state index in [1.165, 1.54) is 11.8 Å².